The summed E-state index contributed by atoms with van der Waals surface area (Å²) >= 11 is 0. The van der Waals surface area contributed by atoms with E-state index in [0.717, 1.165) is 5.56 Å². The highest BCUT2D eigenvalue weighted by Gasteiger charge is 2.17. The third-order valence-electron chi connectivity index (χ3n) is 3.49. The van der Waals surface area contributed by atoms with Crippen molar-refractivity contribution in [1.29, 1.82) is 0 Å². The second-order valence-electron chi connectivity index (χ2n) is 4.94. The van der Waals surface area contributed by atoms with Crippen LogP contribution >= 0.6 is 0 Å². The van der Waals surface area contributed by atoms with Crippen LogP contribution in [0, 0.1) is 13.8 Å². The first-order valence-corrected chi connectivity index (χ1v) is 6.53. The number of nitrogens with zero attached hydrogens (tertiary/aromatic N) is 2. The van der Waals surface area contributed by atoms with Crippen molar-refractivity contribution in [3.63, 3.8) is 0 Å². The third-order valence-corrected chi connectivity index (χ3v) is 3.49. The van der Waals surface area contributed by atoms with Crippen molar-refractivity contribution in [2.75, 3.05) is 18.5 Å². The summed E-state index contributed by atoms with van der Waals surface area (Å²) in [6.45, 7) is 4.81. The molecule has 1 unspecified atom stereocenters. The van der Waals surface area contributed by atoms with Gasteiger partial charge in [-0.25, -0.2) is 0 Å². The summed E-state index contributed by atoms with van der Waals surface area (Å²) in [5, 5.41) is 0. The monoisotopic (exact) mass is 255 g/mol. The van der Waals surface area contributed by atoms with Gasteiger partial charge in [-0.05, 0) is 37.1 Å². The molecule has 0 bridgehead atoms. The molecule has 1 aromatic carbocycles. The molecule has 2 rings (SSSR count). The van der Waals surface area contributed by atoms with Crippen molar-refractivity contribution in [1.82, 2.24) is 4.98 Å². The molecular formula is C16H21N3. The minimum Gasteiger partial charge on any atom is -0.366 e. The summed E-state index contributed by atoms with van der Waals surface area (Å²) in [4.78, 5) is 6.41. The highest BCUT2D eigenvalue weighted by molar-refractivity contribution is 5.55. The van der Waals surface area contributed by atoms with Gasteiger partial charge in [-0.2, -0.15) is 0 Å². The average molecular weight is 255 g/mol. The summed E-state index contributed by atoms with van der Waals surface area (Å²) in [6.07, 6.45) is 3.67. The molecule has 0 aliphatic carbocycles. The Labute approximate surface area is 115 Å². The fraction of sp³-hybridized carbons (Fsp3) is 0.312. The maximum Gasteiger partial charge on any atom is 0.0676 e. The molecule has 3 heteroatoms. The second-order valence-corrected chi connectivity index (χ2v) is 4.94. The normalized spacial score (nSPS) is 12.2. The van der Waals surface area contributed by atoms with E-state index in [4.69, 9.17) is 5.73 Å². The zero-order valence-electron chi connectivity index (χ0n) is 11.8. The molecule has 2 N–H and O–H groups in total. The van der Waals surface area contributed by atoms with Crippen molar-refractivity contribution in [2.45, 2.75) is 19.9 Å². The Morgan fingerprint density at radius 1 is 1.26 bits per heavy atom. The van der Waals surface area contributed by atoms with Crippen LogP contribution in [-0.2, 0) is 0 Å². The number of aromatic nitrogens is 1. The Morgan fingerprint density at radius 2 is 2.05 bits per heavy atom. The van der Waals surface area contributed by atoms with E-state index in [-0.39, 0.29) is 6.04 Å². The van der Waals surface area contributed by atoms with Crippen LogP contribution in [0.1, 0.15) is 22.7 Å². The van der Waals surface area contributed by atoms with E-state index in [9.17, 15) is 0 Å². The van der Waals surface area contributed by atoms with Crippen LogP contribution in [0.2, 0.25) is 0 Å². The molecule has 0 aliphatic heterocycles. The molecule has 0 spiro atoms. The summed E-state index contributed by atoms with van der Waals surface area (Å²) in [6, 6.07) is 10.7. The van der Waals surface area contributed by atoms with Crippen LogP contribution in [0.25, 0.3) is 0 Å². The average Bonchev–Trinajstić information content (AvgIpc) is 2.40. The molecule has 0 amide bonds. The lowest BCUT2D eigenvalue weighted by Gasteiger charge is -2.30. The van der Waals surface area contributed by atoms with E-state index in [1.807, 2.05) is 12.3 Å². The molecule has 19 heavy (non-hydrogen) atoms. The van der Waals surface area contributed by atoms with Crippen LogP contribution in [0.3, 0.4) is 0 Å². The van der Waals surface area contributed by atoms with Crippen LogP contribution in [0.5, 0.6) is 0 Å². The van der Waals surface area contributed by atoms with Gasteiger partial charge >= 0.3 is 0 Å². The molecule has 1 heterocycles. The van der Waals surface area contributed by atoms with E-state index in [1.165, 1.54) is 16.8 Å². The number of hydrogen-bond donors (Lipinski definition) is 1. The molecule has 1 aromatic heterocycles. The van der Waals surface area contributed by atoms with E-state index in [0.29, 0.717) is 6.54 Å². The van der Waals surface area contributed by atoms with Gasteiger partial charge in [0.15, 0.2) is 0 Å². The quantitative estimate of drug-likeness (QED) is 0.913. The maximum atomic E-state index is 5.95. The Hall–Kier alpha value is -1.87. The zero-order chi connectivity index (χ0) is 13.8. The largest absolute Gasteiger partial charge is 0.366 e. The van der Waals surface area contributed by atoms with Gasteiger partial charge in [0, 0.05) is 31.7 Å². The highest BCUT2D eigenvalue weighted by atomic mass is 15.1. The molecule has 0 saturated carbocycles. The number of benzene rings is 1. The van der Waals surface area contributed by atoms with Gasteiger partial charge in [-0.3, -0.25) is 4.98 Å². The van der Waals surface area contributed by atoms with Crippen molar-refractivity contribution in [2.24, 2.45) is 5.73 Å². The zero-order valence-corrected chi connectivity index (χ0v) is 11.8. The fourth-order valence-corrected chi connectivity index (χ4v) is 2.46. The molecule has 1 atom stereocenters. The lowest BCUT2D eigenvalue weighted by Crippen LogP contribution is -2.31. The van der Waals surface area contributed by atoms with Crippen molar-refractivity contribution >= 4 is 5.69 Å². The SMILES string of the molecule is Cc1ccc(N(C)C(CN)c2cccnc2)c(C)c1. The smallest absolute Gasteiger partial charge is 0.0676 e. The number of pyridine rings is 1. The molecule has 3 nitrogen and oxygen atoms in total. The molecule has 2 aromatic rings. The van der Waals surface area contributed by atoms with Crippen LogP contribution in [0.4, 0.5) is 5.69 Å². The Morgan fingerprint density at radius 3 is 2.63 bits per heavy atom. The van der Waals surface area contributed by atoms with Gasteiger partial charge in [0.1, 0.15) is 0 Å². The fourth-order valence-electron chi connectivity index (χ4n) is 2.46. The molecule has 0 fully saturated rings. The number of likely N-dealkylation sites (N-methyl/N-ethyl adjacent to an activating group) is 1. The van der Waals surface area contributed by atoms with Gasteiger partial charge < -0.3 is 10.6 Å². The Balaban J connectivity index is 2.33. The van der Waals surface area contributed by atoms with Gasteiger partial charge in [0.2, 0.25) is 0 Å². The van der Waals surface area contributed by atoms with Gasteiger partial charge in [-0.1, -0.05) is 23.8 Å². The van der Waals surface area contributed by atoms with E-state index in [2.05, 4.69) is 55.0 Å². The van der Waals surface area contributed by atoms with E-state index >= 15 is 0 Å². The molecule has 0 radical (unpaired) electrons. The molecule has 0 saturated heterocycles. The van der Waals surface area contributed by atoms with E-state index < -0.39 is 0 Å². The molecule has 100 valence electrons. The minimum atomic E-state index is 0.148. The number of nitrogens with two attached hydrogens (primary N) is 1. The number of aryl methyl sites for hydroxylation is 2. The first kappa shape index (κ1) is 13.6. The first-order chi connectivity index (χ1) is 9.13. The van der Waals surface area contributed by atoms with E-state index in [1.54, 1.807) is 6.20 Å². The lowest BCUT2D eigenvalue weighted by atomic mass is 10.0. The van der Waals surface area contributed by atoms with Crippen LogP contribution < -0.4 is 10.6 Å². The summed E-state index contributed by atoms with van der Waals surface area (Å²) in [7, 11) is 2.09. The summed E-state index contributed by atoms with van der Waals surface area (Å²) in [5.41, 5.74) is 10.9. The lowest BCUT2D eigenvalue weighted by molar-refractivity contribution is 0.676. The van der Waals surface area contributed by atoms with Crippen LogP contribution in [-0.4, -0.2) is 18.6 Å². The maximum absolute atomic E-state index is 5.95. The third kappa shape index (κ3) is 2.93. The van der Waals surface area contributed by atoms with Gasteiger partial charge in [-0.15, -0.1) is 0 Å². The predicted molar refractivity (Wildman–Crippen MR) is 80.4 cm³/mol. The topological polar surface area (TPSA) is 42.1 Å². The standard InChI is InChI=1S/C16H21N3/c1-12-6-7-15(13(2)9-12)19(3)16(10-17)14-5-4-8-18-11-14/h4-9,11,16H,10,17H2,1-3H3. The summed E-state index contributed by atoms with van der Waals surface area (Å²) in [5.74, 6) is 0. The Kier molecular flexibility index (Phi) is 4.17. The van der Waals surface area contributed by atoms with Crippen molar-refractivity contribution in [3.8, 4) is 0 Å². The molecular weight excluding hydrogens is 234 g/mol. The van der Waals surface area contributed by atoms with Gasteiger partial charge in [0.25, 0.3) is 0 Å². The first-order valence-electron chi connectivity index (χ1n) is 6.53. The van der Waals surface area contributed by atoms with Gasteiger partial charge in [0.05, 0.1) is 6.04 Å². The molecule has 0 aliphatic rings. The highest BCUT2D eigenvalue weighted by Crippen LogP contribution is 2.27. The van der Waals surface area contributed by atoms with Crippen molar-refractivity contribution in [3.05, 3.63) is 59.4 Å². The number of rotatable bonds is 4. The van der Waals surface area contributed by atoms with Crippen LogP contribution in [0.15, 0.2) is 42.7 Å². The second kappa shape index (κ2) is 5.85. The van der Waals surface area contributed by atoms with Crippen molar-refractivity contribution < 1.29 is 0 Å². The number of anilines is 1. The Bertz CT molecular complexity index is 537. The predicted octanol–water partition coefficient (Wildman–Crippen LogP) is 2.83. The number of hydrogen-bond acceptors (Lipinski definition) is 3. The minimum absolute atomic E-state index is 0.148. The summed E-state index contributed by atoms with van der Waals surface area (Å²) < 4.78 is 0.